The molecular formula is C19H22N4O. The zero-order valence-electron chi connectivity index (χ0n) is 13.9. The van der Waals surface area contributed by atoms with Crippen LogP contribution in [-0.2, 0) is 12.8 Å². The maximum absolute atomic E-state index is 5.29. The van der Waals surface area contributed by atoms with Gasteiger partial charge in [0.25, 0.3) is 0 Å². The zero-order chi connectivity index (χ0) is 16.6. The maximum atomic E-state index is 5.29. The van der Waals surface area contributed by atoms with Crippen LogP contribution >= 0.6 is 0 Å². The summed E-state index contributed by atoms with van der Waals surface area (Å²) in [6.07, 6.45) is 4.63. The van der Waals surface area contributed by atoms with Crippen LogP contribution in [-0.4, -0.2) is 27.7 Å². The van der Waals surface area contributed by atoms with Crippen molar-refractivity contribution in [2.45, 2.75) is 32.2 Å². The zero-order valence-corrected chi connectivity index (χ0v) is 13.9. The van der Waals surface area contributed by atoms with E-state index in [4.69, 9.17) is 4.52 Å². The van der Waals surface area contributed by atoms with E-state index in [1.807, 2.05) is 18.2 Å². The molecule has 0 aliphatic carbocycles. The van der Waals surface area contributed by atoms with Crippen LogP contribution in [0.2, 0.25) is 0 Å². The molecule has 1 atom stereocenters. The molecule has 3 rings (SSSR count). The van der Waals surface area contributed by atoms with Crippen LogP contribution in [0, 0.1) is 0 Å². The van der Waals surface area contributed by atoms with Gasteiger partial charge in [0.05, 0.1) is 0 Å². The molecule has 1 unspecified atom stereocenters. The fourth-order valence-electron chi connectivity index (χ4n) is 2.51. The smallest absolute Gasteiger partial charge is 0.228 e. The van der Waals surface area contributed by atoms with E-state index in [0.29, 0.717) is 17.8 Å². The molecule has 1 N–H and O–H groups in total. The minimum absolute atomic E-state index is 0.448. The van der Waals surface area contributed by atoms with Gasteiger partial charge in [-0.05, 0) is 37.5 Å². The molecule has 5 nitrogen and oxygen atoms in total. The summed E-state index contributed by atoms with van der Waals surface area (Å²) in [6.45, 7) is 3.02. The van der Waals surface area contributed by atoms with E-state index >= 15 is 0 Å². The maximum Gasteiger partial charge on any atom is 0.228 e. The monoisotopic (exact) mass is 322 g/mol. The Bertz CT molecular complexity index is 727. The van der Waals surface area contributed by atoms with E-state index in [2.05, 4.69) is 57.7 Å². The molecule has 0 saturated carbocycles. The highest BCUT2D eigenvalue weighted by molar-refractivity contribution is 5.46. The van der Waals surface area contributed by atoms with Crippen molar-refractivity contribution in [3.05, 3.63) is 66.2 Å². The second-order valence-corrected chi connectivity index (χ2v) is 5.86. The van der Waals surface area contributed by atoms with Crippen LogP contribution in [0.25, 0.3) is 11.5 Å². The van der Waals surface area contributed by atoms with Gasteiger partial charge in [-0.1, -0.05) is 41.6 Å². The summed E-state index contributed by atoms with van der Waals surface area (Å²) < 4.78 is 5.29. The minimum atomic E-state index is 0.448. The Morgan fingerprint density at radius 3 is 2.67 bits per heavy atom. The van der Waals surface area contributed by atoms with Gasteiger partial charge in [-0.25, -0.2) is 0 Å². The Hall–Kier alpha value is -2.53. The molecule has 5 heteroatoms. The predicted molar refractivity (Wildman–Crippen MR) is 93.5 cm³/mol. The van der Waals surface area contributed by atoms with Gasteiger partial charge in [0, 0.05) is 25.2 Å². The quantitative estimate of drug-likeness (QED) is 0.689. The molecule has 0 fully saturated rings. The van der Waals surface area contributed by atoms with Gasteiger partial charge >= 0.3 is 0 Å². The normalized spacial score (nSPS) is 12.2. The van der Waals surface area contributed by atoms with Crippen molar-refractivity contribution in [2.75, 3.05) is 6.54 Å². The van der Waals surface area contributed by atoms with Gasteiger partial charge < -0.3 is 9.84 Å². The molecule has 0 saturated heterocycles. The summed E-state index contributed by atoms with van der Waals surface area (Å²) in [4.78, 5) is 8.61. The van der Waals surface area contributed by atoms with E-state index in [1.54, 1.807) is 6.20 Å². The number of nitrogens with one attached hydrogen (secondary N) is 1. The summed E-state index contributed by atoms with van der Waals surface area (Å²) in [5, 5.41) is 7.49. The van der Waals surface area contributed by atoms with Crippen molar-refractivity contribution in [1.29, 1.82) is 0 Å². The molecule has 124 valence electrons. The Kier molecular flexibility index (Phi) is 5.69. The van der Waals surface area contributed by atoms with E-state index in [-0.39, 0.29) is 0 Å². The fraction of sp³-hybridized carbons (Fsp3) is 0.316. The van der Waals surface area contributed by atoms with Gasteiger partial charge in [-0.3, -0.25) is 4.98 Å². The molecule has 2 heterocycles. The number of nitrogens with zero attached hydrogens (tertiary/aromatic N) is 3. The van der Waals surface area contributed by atoms with Crippen LogP contribution in [0.15, 0.2) is 59.3 Å². The lowest BCUT2D eigenvalue weighted by Gasteiger charge is -2.12. The summed E-state index contributed by atoms with van der Waals surface area (Å²) in [7, 11) is 0. The topological polar surface area (TPSA) is 63.8 Å². The molecule has 3 aromatic rings. The van der Waals surface area contributed by atoms with Crippen LogP contribution < -0.4 is 5.32 Å². The molecule has 0 radical (unpaired) electrons. The fourth-order valence-corrected chi connectivity index (χ4v) is 2.51. The third-order valence-electron chi connectivity index (χ3n) is 3.90. The molecule has 0 aliphatic rings. The van der Waals surface area contributed by atoms with Crippen LogP contribution in [0.1, 0.15) is 24.8 Å². The van der Waals surface area contributed by atoms with Crippen molar-refractivity contribution < 1.29 is 4.52 Å². The van der Waals surface area contributed by atoms with Gasteiger partial charge in [0.15, 0.2) is 0 Å². The van der Waals surface area contributed by atoms with E-state index in [9.17, 15) is 0 Å². The third kappa shape index (κ3) is 4.73. The van der Waals surface area contributed by atoms with E-state index in [1.165, 1.54) is 5.56 Å². The van der Waals surface area contributed by atoms with Crippen molar-refractivity contribution >= 4 is 0 Å². The van der Waals surface area contributed by atoms with Crippen LogP contribution in [0.3, 0.4) is 0 Å². The largest absolute Gasteiger partial charge is 0.339 e. The Morgan fingerprint density at radius 2 is 1.88 bits per heavy atom. The first-order chi connectivity index (χ1) is 11.8. The van der Waals surface area contributed by atoms with Crippen LogP contribution in [0.5, 0.6) is 0 Å². The van der Waals surface area contributed by atoms with Crippen molar-refractivity contribution in [2.24, 2.45) is 0 Å². The number of rotatable bonds is 8. The predicted octanol–water partition coefficient (Wildman–Crippen LogP) is 3.29. The van der Waals surface area contributed by atoms with Crippen molar-refractivity contribution in [1.82, 2.24) is 20.4 Å². The SMILES string of the molecule is CC(CCc1ccccc1)NCCc1nc(-c2ccccn2)no1. The second kappa shape index (κ2) is 8.36. The van der Waals surface area contributed by atoms with Gasteiger partial charge in [-0.15, -0.1) is 0 Å². The highest BCUT2D eigenvalue weighted by atomic mass is 16.5. The lowest BCUT2D eigenvalue weighted by Crippen LogP contribution is -2.28. The average molecular weight is 322 g/mol. The Balaban J connectivity index is 1.41. The number of pyridine rings is 1. The first-order valence-electron chi connectivity index (χ1n) is 8.32. The Labute approximate surface area is 142 Å². The minimum Gasteiger partial charge on any atom is -0.339 e. The molecule has 0 bridgehead atoms. The average Bonchev–Trinajstić information content (AvgIpc) is 3.11. The molecule has 2 aromatic heterocycles. The number of hydrogen-bond donors (Lipinski definition) is 1. The first-order valence-corrected chi connectivity index (χ1v) is 8.32. The molecule has 0 aliphatic heterocycles. The molecule has 0 amide bonds. The number of benzene rings is 1. The van der Waals surface area contributed by atoms with E-state index < -0.39 is 0 Å². The molecular weight excluding hydrogens is 300 g/mol. The molecule has 0 spiro atoms. The lowest BCUT2D eigenvalue weighted by atomic mass is 10.1. The second-order valence-electron chi connectivity index (χ2n) is 5.86. The Morgan fingerprint density at radius 1 is 1.04 bits per heavy atom. The van der Waals surface area contributed by atoms with Crippen LogP contribution in [0.4, 0.5) is 0 Å². The van der Waals surface area contributed by atoms with Gasteiger partial charge in [0.1, 0.15) is 5.69 Å². The third-order valence-corrected chi connectivity index (χ3v) is 3.90. The lowest BCUT2D eigenvalue weighted by molar-refractivity contribution is 0.372. The summed E-state index contributed by atoms with van der Waals surface area (Å²) >= 11 is 0. The number of hydrogen-bond acceptors (Lipinski definition) is 5. The number of aromatic nitrogens is 3. The molecule has 24 heavy (non-hydrogen) atoms. The highest BCUT2D eigenvalue weighted by Crippen LogP contribution is 2.12. The van der Waals surface area contributed by atoms with Crippen molar-refractivity contribution in [3.63, 3.8) is 0 Å². The first kappa shape index (κ1) is 16.3. The standard InChI is InChI=1S/C19H22N4O/c1-15(10-11-16-7-3-2-4-8-16)20-14-12-18-22-19(23-24-18)17-9-5-6-13-21-17/h2-9,13,15,20H,10-12,14H2,1H3. The summed E-state index contributed by atoms with van der Waals surface area (Å²) in [5.41, 5.74) is 2.11. The highest BCUT2D eigenvalue weighted by Gasteiger charge is 2.09. The molecule has 1 aromatic carbocycles. The van der Waals surface area contributed by atoms with E-state index in [0.717, 1.165) is 31.5 Å². The summed E-state index contributed by atoms with van der Waals surface area (Å²) in [5.74, 6) is 1.18. The number of aryl methyl sites for hydroxylation is 1. The van der Waals surface area contributed by atoms with Crippen molar-refractivity contribution in [3.8, 4) is 11.5 Å². The summed E-state index contributed by atoms with van der Waals surface area (Å²) in [6, 6.07) is 16.7. The van der Waals surface area contributed by atoms with Gasteiger partial charge in [0.2, 0.25) is 11.7 Å². The van der Waals surface area contributed by atoms with Gasteiger partial charge in [-0.2, -0.15) is 4.98 Å².